The lowest BCUT2D eigenvalue weighted by Gasteiger charge is -2.38. The minimum absolute atomic E-state index is 0.670. The van der Waals surface area contributed by atoms with Gasteiger partial charge in [-0.1, -0.05) is 13.3 Å². The fourth-order valence-corrected chi connectivity index (χ4v) is 2.61. The van der Waals surface area contributed by atoms with Crippen LogP contribution in [0.15, 0.2) is 18.5 Å². The third-order valence-corrected chi connectivity index (χ3v) is 3.39. The lowest BCUT2D eigenvalue weighted by Crippen LogP contribution is -2.39. The van der Waals surface area contributed by atoms with Gasteiger partial charge in [0.05, 0.1) is 17.6 Å². The number of hydrogen-bond donors (Lipinski definition) is 1. The van der Waals surface area contributed by atoms with Gasteiger partial charge < -0.3 is 10.6 Å². The summed E-state index contributed by atoms with van der Waals surface area (Å²) in [6, 6.07) is 2.71. The first-order chi connectivity index (χ1) is 7.83. The van der Waals surface area contributed by atoms with Crippen LogP contribution >= 0.6 is 0 Å². The van der Waals surface area contributed by atoms with Crippen molar-refractivity contribution in [2.45, 2.75) is 45.1 Å². The molecular weight excluding hydrogens is 198 g/mol. The number of hydrogen-bond acceptors (Lipinski definition) is 3. The fraction of sp³-hybridized carbons (Fsp3) is 0.615. The van der Waals surface area contributed by atoms with Gasteiger partial charge in [0.25, 0.3) is 0 Å². The summed E-state index contributed by atoms with van der Waals surface area (Å²) in [4.78, 5) is 6.54. The normalized spacial score (nSPS) is 21.1. The van der Waals surface area contributed by atoms with Crippen molar-refractivity contribution < 1.29 is 0 Å². The van der Waals surface area contributed by atoms with Crippen molar-refractivity contribution in [2.24, 2.45) is 0 Å². The van der Waals surface area contributed by atoms with E-state index < -0.39 is 0 Å². The lowest BCUT2D eigenvalue weighted by atomic mass is 9.97. The maximum Gasteiger partial charge on any atom is 0.0738 e. The number of pyridine rings is 1. The molecule has 1 aromatic rings. The molecule has 2 N–H and O–H groups in total. The van der Waals surface area contributed by atoms with Crippen molar-refractivity contribution in [1.82, 2.24) is 4.98 Å². The predicted octanol–water partition coefficient (Wildman–Crippen LogP) is 2.82. The molecule has 3 heteroatoms. The van der Waals surface area contributed by atoms with E-state index in [2.05, 4.69) is 16.8 Å². The molecule has 0 aliphatic carbocycles. The third-order valence-electron chi connectivity index (χ3n) is 3.39. The maximum atomic E-state index is 6.01. The van der Waals surface area contributed by atoms with Crippen molar-refractivity contribution in [3.05, 3.63) is 18.5 Å². The zero-order valence-electron chi connectivity index (χ0n) is 10.0. The van der Waals surface area contributed by atoms with Crippen LogP contribution < -0.4 is 10.6 Å². The average Bonchev–Trinajstić information content (AvgIpc) is 2.31. The average molecular weight is 219 g/mol. The third kappa shape index (κ3) is 2.29. The summed E-state index contributed by atoms with van der Waals surface area (Å²) in [6.45, 7) is 3.39. The fourth-order valence-electron chi connectivity index (χ4n) is 2.61. The summed E-state index contributed by atoms with van der Waals surface area (Å²) in [5.74, 6) is 0. The smallest absolute Gasteiger partial charge is 0.0738 e. The quantitative estimate of drug-likeness (QED) is 0.850. The van der Waals surface area contributed by atoms with Gasteiger partial charge in [-0.05, 0) is 31.7 Å². The Kier molecular flexibility index (Phi) is 3.65. The van der Waals surface area contributed by atoms with Crippen LogP contribution in [0.1, 0.15) is 39.0 Å². The van der Waals surface area contributed by atoms with E-state index in [0.29, 0.717) is 6.04 Å². The SMILES string of the molecule is CCCC1CCCCN1c1ccncc1N. The van der Waals surface area contributed by atoms with Gasteiger partial charge in [0, 0.05) is 18.8 Å². The number of aromatic nitrogens is 1. The van der Waals surface area contributed by atoms with Gasteiger partial charge in [-0.2, -0.15) is 0 Å². The summed E-state index contributed by atoms with van der Waals surface area (Å²) >= 11 is 0. The highest BCUT2D eigenvalue weighted by molar-refractivity contribution is 5.66. The number of piperidine rings is 1. The highest BCUT2D eigenvalue weighted by Crippen LogP contribution is 2.30. The van der Waals surface area contributed by atoms with E-state index in [-0.39, 0.29) is 0 Å². The topological polar surface area (TPSA) is 42.2 Å². The Morgan fingerprint density at radius 2 is 2.38 bits per heavy atom. The van der Waals surface area contributed by atoms with E-state index in [1.165, 1.54) is 37.8 Å². The Labute approximate surface area is 97.7 Å². The van der Waals surface area contributed by atoms with Crippen LogP contribution in [0.3, 0.4) is 0 Å². The van der Waals surface area contributed by atoms with Crippen molar-refractivity contribution in [3.63, 3.8) is 0 Å². The molecular formula is C13H21N3. The monoisotopic (exact) mass is 219 g/mol. The maximum absolute atomic E-state index is 6.01. The molecule has 0 saturated carbocycles. The van der Waals surface area contributed by atoms with Gasteiger partial charge >= 0.3 is 0 Å². The highest BCUT2D eigenvalue weighted by Gasteiger charge is 2.22. The van der Waals surface area contributed by atoms with Crippen LogP contribution in [0.4, 0.5) is 11.4 Å². The van der Waals surface area contributed by atoms with Gasteiger partial charge in [0.1, 0.15) is 0 Å². The molecule has 0 amide bonds. The van der Waals surface area contributed by atoms with Crippen LogP contribution in [0.5, 0.6) is 0 Å². The van der Waals surface area contributed by atoms with E-state index in [0.717, 1.165) is 12.2 Å². The van der Waals surface area contributed by atoms with Gasteiger partial charge in [0.2, 0.25) is 0 Å². The molecule has 88 valence electrons. The summed E-state index contributed by atoms with van der Waals surface area (Å²) in [5, 5.41) is 0. The molecule has 0 aromatic carbocycles. The van der Waals surface area contributed by atoms with Crippen molar-refractivity contribution in [1.29, 1.82) is 0 Å². The summed E-state index contributed by atoms with van der Waals surface area (Å²) in [7, 11) is 0. The molecule has 2 rings (SSSR count). The first kappa shape index (κ1) is 11.2. The number of nitrogen functional groups attached to an aromatic ring is 1. The number of nitrogens with zero attached hydrogens (tertiary/aromatic N) is 2. The standard InChI is InChI=1S/C13H21N3/c1-2-5-11-6-3-4-9-16(11)13-7-8-15-10-12(13)14/h7-8,10-11H,2-6,9,14H2,1H3. The molecule has 3 nitrogen and oxygen atoms in total. The van der Waals surface area contributed by atoms with Crippen LogP contribution in [0.2, 0.25) is 0 Å². The van der Waals surface area contributed by atoms with Crippen molar-refractivity contribution >= 4 is 11.4 Å². The second kappa shape index (κ2) is 5.19. The Morgan fingerprint density at radius 3 is 3.12 bits per heavy atom. The summed E-state index contributed by atoms with van der Waals surface area (Å²) < 4.78 is 0. The molecule has 0 spiro atoms. The number of anilines is 2. The molecule has 0 bridgehead atoms. The molecule has 1 unspecified atom stereocenters. The van der Waals surface area contributed by atoms with Gasteiger partial charge in [-0.25, -0.2) is 0 Å². The molecule has 1 fully saturated rings. The largest absolute Gasteiger partial charge is 0.396 e. The van der Waals surface area contributed by atoms with E-state index in [4.69, 9.17) is 5.73 Å². The van der Waals surface area contributed by atoms with Crippen LogP contribution in [0.25, 0.3) is 0 Å². The molecule has 1 aromatic heterocycles. The predicted molar refractivity (Wildman–Crippen MR) is 68.5 cm³/mol. The van der Waals surface area contributed by atoms with Gasteiger partial charge in [0.15, 0.2) is 0 Å². The van der Waals surface area contributed by atoms with E-state index in [9.17, 15) is 0 Å². The van der Waals surface area contributed by atoms with E-state index >= 15 is 0 Å². The van der Waals surface area contributed by atoms with Crippen molar-refractivity contribution in [2.75, 3.05) is 17.2 Å². The Morgan fingerprint density at radius 1 is 1.50 bits per heavy atom. The second-order valence-corrected chi connectivity index (χ2v) is 4.57. The number of nitrogens with two attached hydrogens (primary N) is 1. The summed E-state index contributed by atoms with van der Waals surface area (Å²) in [6.07, 6.45) is 10.0. The molecule has 1 aliphatic rings. The zero-order chi connectivity index (χ0) is 11.4. The van der Waals surface area contributed by atoms with Crippen LogP contribution in [0, 0.1) is 0 Å². The van der Waals surface area contributed by atoms with Crippen molar-refractivity contribution in [3.8, 4) is 0 Å². The molecule has 2 heterocycles. The molecule has 1 atom stereocenters. The van der Waals surface area contributed by atoms with Gasteiger partial charge in [-0.3, -0.25) is 4.98 Å². The van der Waals surface area contributed by atoms with Crippen LogP contribution in [-0.4, -0.2) is 17.6 Å². The molecule has 0 radical (unpaired) electrons. The number of rotatable bonds is 3. The second-order valence-electron chi connectivity index (χ2n) is 4.57. The van der Waals surface area contributed by atoms with E-state index in [1.807, 2.05) is 12.3 Å². The Hall–Kier alpha value is -1.25. The molecule has 16 heavy (non-hydrogen) atoms. The van der Waals surface area contributed by atoms with Gasteiger partial charge in [-0.15, -0.1) is 0 Å². The summed E-state index contributed by atoms with van der Waals surface area (Å²) in [5.41, 5.74) is 7.99. The molecule has 1 aliphatic heterocycles. The first-order valence-electron chi connectivity index (χ1n) is 6.29. The zero-order valence-corrected chi connectivity index (χ0v) is 10.0. The minimum Gasteiger partial charge on any atom is -0.396 e. The lowest BCUT2D eigenvalue weighted by molar-refractivity contribution is 0.435. The first-order valence-corrected chi connectivity index (χ1v) is 6.29. The van der Waals surface area contributed by atoms with E-state index in [1.54, 1.807) is 6.20 Å². The Balaban J connectivity index is 2.19. The Bertz CT molecular complexity index is 336. The minimum atomic E-state index is 0.670. The highest BCUT2D eigenvalue weighted by atomic mass is 15.2. The molecule has 1 saturated heterocycles. The van der Waals surface area contributed by atoms with Crippen LogP contribution in [-0.2, 0) is 0 Å².